The summed E-state index contributed by atoms with van der Waals surface area (Å²) in [7, 11) is 0. The number of hydrogen-bond acceptors (Lipinski definition) is 17. The third-order valence-corrected chi connectivity index (χ3v) is 13.8. The molecule has 0 aromatic carbocycles. The Hall–Kier alpha value is -3.44. The second-order valence-electron chi connectivity index (χ2n) is 19.8. The highest BCUT2D eigenvalue weighted by molar-refractivity contribution is 5.80. The summed E-state index contributed by atoms with van der Waals surface area (Å²) in [6.45, 7) is 7.75. The van der Waals surface area contributed by atoms with Crippen LogP contribution in [0, 0.1) is 17.8 Å². The summed E-state index contributed by atoms with van der Waals surface area (Å²) in [4.78, 5) is 26.5. The van der Waals surface area contributed by atoms with Crippen molar-refractivity contribution in [3.05, 3.63) is 85.1 Å². The molecule has 4 aliphatic rings. The SMILES string of the molecule is C[C@@H]1[C@H](O)[C@@H](C)\C=C/C=C/C=C/C=C/C=C/C=C/C=C/[C@H]2C[C@@H]3O[C@](O)(C[C@@H](O)C[C@@H](O)[C@H](O)CC[C@@H](O)C[C@@H](O)CC(=O)O[C@H]1C)C[C@H](O)[C@H]3C(=O)NCCCCCCN[C@H]1[C@H](O)[C@H](O2)O[C@H](C)[C@H]1O. The van der Waals surface area contributed by atoms with E-state index in [2.05, 4.69) is 10.6 Å². The third-order valence-electron chi connectivity index (χ3n) is 13.8. The number of rotatable bonds is 0. The van der Waals surface area contributed by atoms with E-state index < -0.39 is 147 Å². The molecule has 18 nitrogen and oxygen atoms in total. The van der Waals surface area contributed by atoms with Crippen LogP contribution in [0.25, 0.3) is 0 Å². The van der Waals surface area contributed by atoms with Crippen molar-refractivity contribution in [2.75, 3.05) is 13.1 Å². The first kappa shape index (κ1) is 60.1. The van der Waals surface area contributed by atoms with E-state index in [1.54, 1.807) is 51.2 Å². The van der Waals surface area contributed by atoms with Crippen molar-refractivity contribution in [2.45, 2.75) is 202 Å². The highest BCUT2D eigenvalue weighted by atomic mass is 16.7. The zero-order valence-electron chi connectivity index (χ0n) is 41.8. The molecule has 4 rings (SSSR count). The van der Waals surface area contributed by atoms with Crippen LogP contribution < -0.4 is 10.6 Å². The van der Waals surface area contributed by atoms with Gasteiger partial charge in [-0.3, -0.25) is 9.59 Å². The summed E-state index contributed by atoms with van der Waals surface area (Å²) in [6, 6.07) is -0.787. The van der Waals surface area contributed by atoms with Gasteiger partial charge in [0.25, 0.3) is 0 Å². The van der Waals surface area contributed by atoms with Crippen molar-refractivity contribution >= 4 is 11.9 Å². The van der Waals surface area contributed by atoms with Gasteiger partial charge in [-0.2, -0.15) is 0 Å². The zero-order valence-corrected chi connectivity index (χ0v) is 41.8. The highest BCUT2D eigenvalue weighted by Crippen LogP contribution is 2.38. The van der Waals surface area contributed by atoms with Crippen molar-refractivity contribution in [1.82, 2.24) is 10.6 Å². The Bertz CT molecular complexity index is 1810. The lowest BCUT2D eigenvalue weighted by Gasteiger charge is -2.46. The van der Waals surface area contributed by atoms with E-state index in [0.29, 0.717) is 19.5 Å². The van der Waals surface area contributed by atoms with Gasteiger partial charge in [0.2, 0.25) is 5.91 Å². The van der Waals surface area contributed by atoms with E-state index in [1.807, 2.05) is 61.6 Å². The highest BCUT2D eigenvalue weighted by Gasteiger charge is 2.51. The molecule has 0 saturated carbocycles. The fourth-order valence-electron chi connectivity index (χ4n) is 9.40. The molecular weight excluding hydrogens is 921 g/mol. The normalized spacial score (nSPS) is 44.6. The Labute approximate surface area is 419 Å². The van der Waals surface area contributed by atoms with Crippen molar-refractivity contribution < 1.29 is 79.6 Å². The first-order valence-electron chi connectivity index (χ1n) is 25.5. The number of aliphatic hydroxyl groups excluding tert-OH is 9. The molecule has 4 heterocycles. The number of carbonyl (C=O) groups is 2. The van der Waals surface area contributed by atoms with Gasteiger partial charge in [0.05, 0.1) is 85.5 Å². The first-order valence-corrected chi connectivity index (χ1v) is 25.5. The Morgan fingerprint density at radius 2 is 1.18 bits per heavy atom. The van der Waals surface area contributed by atoms with Crippen LogP contribution in [0.5, 0.6) is 0 Å². The fourth-order valence-corrected chi connectivity index (χ4v) is 9.40. The molecule has 0 radical (unpaired) electrons. The molecule has 3 fully saturated rings. The summed E-state index contributed by atoms with van der Waals surface area (Å²) in [5.74, 6) is -5.39. The van der Waals surface area contributed by atoms with Crippen LogP contribution in [0.4, 0.5) is 0 Å². The number of hydrogen-bond donors (Lipinski definition) is 12. The maximum Gasteiger partial charge on any atom is 0.308 e. The van der Waals surface area contributed by atoms with Crippen molar-refractivity contribution in [1.29, 1.82) is 0 Å². The summed E-state index contributed by atoms with van der Waals surface area (Å²) in [5.41, 5.74) is 0. The Morgan fingerprint density at radius 3 is 1.83 bits per heavy atom. The number of nitrogens with one attached hydrogen (secondary N) is 2. The number of allylic oxidation sites excluding steroid dienone is 12. The molecule has 0 spiro atoms. The van der Waals surface area contributed by atoms with Crippen LogP contribution in [-0.4, -0.2) is 174 Å². The van der Waals surface area contributed by atoms with Crippen molar-refractivity contribution in [2.24, 2.45) is 17.8 Å². The fraction of sp³-hybridized carbons (Fsp3) is 0.698. The Kier molecular flexibility index (Phi) is 26.0. The molecule has 71 heavy (non-hydrogen) atoms. The van der Waals surface area contributed by atoms with Crippen molar-refractivity contribution in [3.63, 3.8) is 0 Å². The second kappa shape index (κ2) is 30.7. The van der Waals surface area contributed by atoms with Gasteiger partial charge in [-0.05, 0) is 52.5 Å². The van der Waals surface area contributed by atoms with Crippen LogP contribution in [0.3, 0.4) is 0 Å². The van der Waals surface area contributed by atoms with Gasteiger partial charge in [-0.1, -0.05) is 112 Å². The van der Waals surface area contributed by atoms with E-state index in [1.165, 1.54) is 0 Å². The molecule has 0 unspecified atom stereocenters. The van der Waals surface area contributed by atoms with E-state index in [9.17, 15) is 60.7 Å². The smallest absolute Gasteiger partial charge is 0.308 e. The third kappa shape index (κ3) is 20.4. The monoisotopic (exact) mass is 1000 g/mol. The lowest BCUT2D eigenvalue weighted by Crippen LogP contribution is -2.63. The van der Waals surface area contributed by atoms with Gasteiger partial charge >= 0.3 is 5.97 Å². The van der Waals surface area contributed by atoms with Gasteiger partial charge in [-0.15, -0.1) is 0 Å². The zero-order chi connectivity index (χ0) is 52.1. The Morgan fingerprint density at radius 1 is 0.577 bits per heavy atom. The van der Waals surface area contributed by atoms with Crippen LogP contribution >= 0.6 is 0 Å². The molecule has 402 valence electrons. The van der Waals surface area contributed by atoms with Crippen LogP contribution in [-0.2, 0) is 28.5 Å². The predicted molar refractivity (Wildman–Crippen MR) is 265 cm³/mol. The molecule has 1 amide bonds. The van der Waals surface area contributed by atoms with Gasteiger partial charge in [0.15, 0.2) is 12.1 Å². The van der Waals surface area contributed by atoms with E-state index in [0.717, 1.165) is 19.3 Å². The number of cyclic esters (lactones) is 1. The summed E-state index contributed by atoms with van der Waals surface area (Å²) < 4.78 is 24.2. The minimum atomic E-state index is -2.23. The van der Waals surface area contributed by atoms with Gasteiger partial charge in [0.1, 0.15) is 12.2 Å². The standard InChI is InChI=1S/C53H84N2O16/c1-33-21-17-13-11-9-7-5-6-8-10-12-14-18-22-40-30-44-46(51(66)55-26-20-16-15-19-25-54-47-49(64)36(4)69-52(70-40)50(47)65)43(61)32-53(67,71-44)31-39(58)28-42(60)41(59)24-23-37(56)27-38(57)29-45(62)68-35(3)34(2)48(33)63/h5-14,17-18,21-22,33-44,46-50,52,54,56-61,63-65,67H,15-16,19-20,23-32H2,1-4H3,(H,55,66)/b6-5+,9-7+,10-8+,13-11+,14-12+,21-17-,22-18+/t33-,34-,35-,36+,37+,38+,39-,40-,41+,42+,43-,44-,46+,47+,48+,49+,50-,52-,53+/m0/s1. The molecule has 18 heteroatoms. The average molecular weight is 1010 g/mol. The minimum absolute atomic E-state index is 0.0812. The average Bonchev–Trinajstić information content (AvgIpc) is 3.29. The van der Waals surface area contributed by atoms with Gasteiger partial charge in [-0.25, -0.2) is 0 Å². The van der Waals surface area contributed by atoms with E-state index in [4.69, 9.17) is 18.9 Å². The quantitative estimate of drug-likeness (QED) is 0.154. The molecule has 19 atom stereocenters. The van der Waals surface area contributed by atoms with E-state index >= 15 is 0 Å². The summed E-state index contributed by atoms with van der Waals surface area (Å²) in [5, 5.41) is 117. The maximum absolute atomic E-state index is 13.9. The number of aliphatic hydroxyl groups is 10. The Balaban J connectivity index is 1.61. The number of ether oxygens (including phenoxy) is 4. The molecular formula is C53H84N2O16. The molecule has 0 aliphatic carbocycles. The van der Waals surface area contributed by atoms with Gasteiger partial charge < -0.3 is 80.6 Å². The van der Waals surface area contributed by atoms with Crippen molar-refractivity contribution in [3.8, 4) is 0 Å². The molecule has 3 saturated heterocycles. The predicted octanol–water partition coefficient (Wildman–Crippen LogP) is 1.95. The lowest BCUT2D eigenvalue weighted by atomic mass is 9.82. The topological polar surface area (TPSA) is 297 Å². The van der Waals surface area contributed by atoms with Crippen LogP contribution in [0.1, 0.15) is 105 Å². The molecule has 0 aromatic rings. The molecule has 5 bridgehead atoms. The first-order chi connectivity index (χ1) is 33.8. The molecule has 0 aromatic heterocycles. The summed E-state index contributed by atoms with van der Waals surface area (Å²) >= 11 is 0. The maximum atomic E-state index is 13.9. The largest absolute Gasteiger partial charge is 0.462 e. The number of carbonyl (C=O) groups excluding carboxylic acids is 2. The van der Waals surface area contributed by atoms with Crippen LogP contribution in [0.15, 0.2) is 85.1 Å². The van der Waals surface area contributed by atoms with Crippen LogP contribution in [0.2, 0.25) is 0 Å². The van der Waals surface area contributed by atoms with Gasteiger partial charge in [0, 0.05) is 44.1 Å². The molecule has 4 aliphatic heterocycles. The number of amides is 1. The molecule has 12 N–H and O–H groups in total. The lowest BCUT2D eigenvalue weighted by molar-refractivity contribution is -0.308. The summed E-state index contributed by atoms with van der Waals surface area (Å²) in [6.07, 6.45) is 9.04. The second-order valence-corrected chi connectivity index (χ2v) is 19.8. The number of esters is 1. The number of fused-ring (bicyclic) bond motifs is 4. The van der Waals surface area contributed by atoms with E-state index in [-0.39, 0.29) is 31.6 Å². The minimum Gasteiger partial charge on any atom is -0.462 e.